The fourth-order valence-corrected chi connectivity index (χ4v) is 5.79. The molecule has 0 aliphatic carbocycles. The van der Waals surface area contributed by atoms with Crippen LogP contribution in [0, 0.1) is 5.41 Å². The molecule has 0 unspecified atom stereocenters. The van der Waals surface area contributed by atoms with Crippen molar-refractivity contribution in [3.8, 4) is 0 Å². The lowest BCUT2D eigenvalue weighted by Gasteiger charge is -2.47. The second-order valence-electron chi connectivity index (χ2n) is 7.75. The van der Waals surface area contributed by atoms with Crippen LogP contribution in [0.2, 0.25) is 0 Å². The summed E-state index contributed by atoms with van der Waals surface area (Å²) in [6, 6.07) is 0. The Labute approximate surface area is 153 Å². The lowest BCUT2D eigenvalue weighted by molar-refractivity contribution is -0.140. The molecule has 1 N–H and O–H groups in total. The molecule has 9 heteroatoms. The number of sulfonamides is 1. The van der Waals surface area contributed by atoms with Gasteiger partial charge in [0.25, 0.3) is 0 Å². The highest BCUT2D eigenvalue weighted by Crippen LogP contribution is 2.41. The fraction of sp³-hybridized carbons (Fsp3) is 0.765. The molecule has 3 fully saturated rings. The van der Waals surface area contributed by atoms with E-state index in [1.807, 2.05) is 4.90 Å². The van der Waals surface area contributed by atoms with Gasteiger partial charge < -0.3 is 9.64 Å². The molecule has 1 spiro atoms. The molecule has 144 valence electrons. The standard InChI is InChI=1S/C17H26N4O4S/c22-16-3-4-17(13-20(16)12-14-2-1-9-25-14)5-7-21(8-6-17)26(23,24)15-10-18-19-11-15/h10-11,14H,1-9,12-13H2,(H,18,19)/t14-/m1/s1. The SMILES string of the molecule is O=C1CCC2(CCN(S(=O)(=O)c3cn[nH]c3)CC2)CN1C[C@H]1CCCO1. The molecule has 1 aromatic heterocycles. The minimum absolute atomic E-state index is 0.0366. The van der Waals surface area contributed by atoms with Crippen LogP contribution >= 0.6 is 0 Å². The monoisotopic (exact) mass is 382 g/mol. The summed E-state index contributed by atoms with van der Waals surface area (Å²) < 4.78 is 32.5. The lowest BCUT2D eigenvalue weighted by atomic mass is 9.72. The first-order valence-corrected chi connectivity index (χ1v) is 10.8. The van der Waals surface area contributed by atoms with Crippen molar-refractivity contribution in [1.82, 2.24) is 19.4 Å². The van der Waals surface area contributed by atoms with Crippen molar-refractivity contribution in [1.29, 1.82) is 0 Å². The summed E-state index contributed by atoms with van der Waals surface area (Å²) in [5, 5.41) is 6.31. The van der Waals surface area contributed by atoms with Gasteiger partial charge in [-0.2, -0.15) is 9.40 Å². The van der Waals surface area contributed by atoms with Crippen LogP contribution in [0.15, 0.2) is 17.3 Å². The largest absolute Gasteiger partial charge is 0.376 e. The van der Waals surface area contributed by atoms with Crippen LogP contribution in [0.5, 0.6) is 0 Å². The molecule has 0 bridgehead atoms. The number of ether oxygens (including phenoxy) is 1. The number of amides is 1. The topological polar surface area (TPSA) is 95.6 Å². The van der Waals surface area contributed by atoms with Gasteiger partial charge in [0.2, 0.25) is 15.9 Å². The van der Waals surface area contributed by atoms with Crippen molar-refractivity contribution in [3.05, 3.63) is 12.4 Å². The average molecular weight is 382 g/mol. The quantitative estimate of drug-likeness (QED) is 0.838. The number of likely N-dealkylation sites (tertiary alicyclic amines) is 1. The molecule has 1 atom stereocenters. The molecule has 0 aromatic carbocycles. The predicted octanol–water partition coefficient (Wildman–Crippen LogP) is 0.982. The van der Waals surface area contributed by atoms with Gasteiger partial charge in [0.15, 0.2) is 0 Å². The van der Waals surface area contributed by atoms with E-state index in [4.69, 9.17) is 4.74 Å². The lowest BCUT2D eigenvalue weighted by Crippen LogP contribution is -2.53. The summed E-state index contributed by atoms with van der Waals surface area (Å²) in [5.41, 5.74) is 0.0366. The molecule has 1 aromatic rings. The number of nitrogens with one attached hydrogen (secondary N) is 1. The van der Waals surface area contributed by atoms with Gasteiger partial charge in [-0.3, -0.25) is 9.89 Å². The number of rotatable bonds is 4. The predicted molar refractivity (Wildman–Crippen MR) is 93.8 cm³/mol. The van der Waals surface area contributed by atoms with Gasteiger partial charge in [-0.05, 0) is 37.5 Å². The Hall–Kier alpha value is -1.45. The third-order valence-electron chi connectivity index (χ3n) is 6.09. The van der Waals surface area contributed by atoms with Crippen LogP contribution in [0.4, 0.5) is 0 Å². The van der Waals surface area contributed by atoms with Gasteiger partial charge in [0.1, 0.15) is 4.90 Å². The summed E-state index contributed by atoms with van der Waals surface area (Å²) >= 11 is 0. The van der Waals surface area contributed by atoms with Gasteiger partial charge >= 0.3 is 0 Å². The van der Waals surface area contributed by atoms with Crippen molar-refractivity contribution in [3.63, 3.8) is 0 Å². The molecule has 26 heavy (non-hydrogen) atoms. The number of carbonyl (C=O) groups is 1. The zero-order valence-corrected chi connectivity index (χ0v) is 15.7. The zero-order chi connectivity index (χ0) is 18.2. The number of piperidine rings is 2. The molecule has 4 heterocycles. The van der Waals surface area contributed by atoms with Crippen molar-refractivity contribution in [2.75, 3.05) is 32.8 Å². The maximum Gasteiger partial charge on any atom is 0.246 e. The number of hydrogen-bond donors (Lipinski definition) is 1. The van der Waals surface area contributed by atoms with Crippen LogP contribution in [0.1, 0.15) is 38.5 Å². The number of aromatic amines is 1. The molecule has 0 saturated carbocycles. The summed E-state index contributed by atoms with van der Waals surface area (Å²) in [7, 11) is -3.48. The second kappa shape index (κ2) is 6.94. The van der Waals surface area contributed by atoms with E-state index < -0.39 is 10.0 Å². The van der Waals surface area contributed by atoms with Crippen molar-refractivity contribution < 1.29 is 17.9 Å². The summed E-state index contributed by atoms with van der Waals surface area (Å²) in [5.74, 6) is 0.208. The van der Waals surface area contributed by atoms with Crippen LogP contribution in [-0.2, 0) is 19.6 Å². The Morgan fingerprint density at radius 2 is 2.12 bits per heavy atom. The average Bonchev–Trinajstić information content (AvgIpc) is 3.33. The first-order valence-electron chi connectivity index (χ1n) is 9.37. The summed E-state index contributed by atoms with van der Waals surface area (Å²) in [4.78, 5) is 14.5. The highest BCUT2D eigenvalue weighted by molar-refractivity contribution is 7.89. The van der Waals surface area contributed by atoms with Gasteiger partial charge in [-0.15, -0.1) is 0 Å². The zero-order valence-electron chi connectivity index (χ0n) is 14.9. The van der Waals surface area contributed by atoms with Crippen molar-refractivity contribution in [2.24, 2.45) is 5.41 Å². The number of H-pyrrole nitrogens is 1. The number of nitrogens with zero attached hydrogens (tertiary/aromatic N) is 3. The second-order valence-corrected chi connectivity index (χ2v) is 9.69. The third-order valence-corrected chi connectivity index (χ3v) is 7.95. The van der Waals surface area contributed by atoms with Crippen molar-refractivity contribution in [2.45, 2.75) is 49.5 Å². The smallest absolute Gasteiger partial charge is 0.246 e. The minimum atomic E-state index is -3.48. The molecule has 1 amide bonds. The molecular formula is C17H26N4O4S. The first kappa shape index (κ1) is 17.9. The molecular weight excluding hydrogens is 356 g/mol. The highest BCUT2D eigenvalue weighted by atomic mass is 32.2. The maximum atomic E-state index is 12.7. The van der Waals surface area contributed by atoms with Gasteiger partial charge in [0, 0.05) is 45.4 Å². The van der Waals surface area contributed by atoms with Crippen LogP contribution in [0.3, 0.4) is 0 Å². The molecule has 4 rings (SSSR count). The Kier molecular flexibility index (Phi) is 4.79. The fourth-order valence-electron chi connectivity index (χ4n) is 4.44. The summed E-state index contributed by atoms with van der Waals surface area (Å²) in [6.07, 6.45) is 8.01. The van der Waals surface area contributed by atoms with E-state index in [1.165, 1.54) is 12.4 Å². The summed E-state index contributed by atoms with van der Waals surface area (Å²) in [6.45, 7) is 3.19. The van der Waals surface area contributed by atoms with Crippen LogP contribution in [0.25, 0.3) is 0 Å². The van der Waals surface area contributed by atoms with E-state index in [-0.39, 0.29) is 22.3 Å². The molecule has 3 saturated heterocycles. The number of aromatic nitrogens is 2. The molecule has 3 aliphatic heterocycles. The molecule has 3 aliphatic rings. The Bertz CT molecular complexity index is 735. The minimum Gasteiger partial charge on any atom is -0.376 e. The highest BCUT2D eigenvalue weighted by Gasteiger charge is 2.43. The van der Waals surface area contributed by atoms with Crippen LogP contribution < -0.4 is 0 Å². The van der Waals surface area contributed by atoms with Gasteiger partial charge in [-0.1, -0.05) is 0 Å². The number of hydrogen-bond acceptors (Lipinski definition) is 5. The molecule has 0 radical (unpaired) electrons. The van der Waals surface area contributed by atoms with E-state index in [0.29, 0.717) is 26.1 Å². The van der Waals surface area contributed by atoms with Gasteiger partial charge in [0.05, 0.1) is 12.3 Å². The van der Waals surface area contributed by atoms with Gasteiger partial charge in [-0.25, -0.2) is 8.42 Å². The van der Waals surface area contributed by atoms with Crippen LogP contribution in [-0.4, -0.2) is 72.6 Å². The van der Waals surface area contributed by atoms with E-state index in [2.05, 4.69) is 10.2 Å². The van der Waals surface area contributed by atoms with E-state index in [1.54, 1.807) is 4.31 Å². The Balaban J connectivity index is 1.40. The first-order chi connectivity index (χ1) is 12.5. The van der Waals surface area contributed by atoms with E-state index in [0.717, 1.165) is 45.3 Å². The third kappa shape index (κ3) is 3.39. The normalized spacial score (nSPS) is 27.3. The Morgan fingerprint density at radius 1 is 1.31 bits per heavy atom. The molecule has 8 nitrogen and oxygen atoms in total. The van der Waals surface area contributed by atoms with E-state index >= 15 is 0 Å². The van der Waals surface area contributed by atoms with E-state index in [9.17, 15) is 13.2 Å². The maximum absolute atomic E-state index is 12.7. The number of carbonyl (C=O) groups excluding carboxylic acids is 1. The Morgan fingerprint density at radius 3 is 2.77 bits per heavy atom. The van der Waals surface area contributed by atoms with Crippen molar-refractivity contribution >= 4 is 15.9 Å².